The lowest BCUT2D eigenvalue weighted by Crippen LogP contribution is -2.25. The smallest absolute Gasteiger partial charge is 0.141 e. The van der Waals surface area contributed by atoms with Crippen LogP contribution in [0.3, 0.4) is 0 Å². The molecule has 62 valence electrons. The topological polar surface area (TPSA) is 43.1 Å². The summed E-state index contributed by atoms with van der Waals surface area (Å²) < 4.78 is 1.69. The van der Waals surface area contributed by atoms with Crippen LogP contribution in [0, 0.1) is 5.41 Å². The lowest BCUT2D eigenvalue weighted by Gasteiger charge is -2.26. The molecular weight excluding hydrogens is 152 g/mol. The largest absolute Gasteiger partial charge is 0.208 e. The fourth-order valence-electron chi connectivity index (χ4n) is 1.83. The Morgan fingerprint density at radius 1 is 1.25 bits per heavy atom. The zero-order valence-electron chi connectivity index (χ0n) is 6.77. The molecule has 1 spiro atoms. The van der Waals surface area contributed by atoms with Gasteiger partial charge in [0.25, 0.3) is 0 Å². The molecule has 0 atom stereocenters. The van der Waals surface area contributed by atoms with Crippen LogP contribution in [0.25, 0.3) is 0 Å². The Morgan fingerprint density at radius 2 is 1.92 bits per heavy atom. The van der Waals surface area contributed by atoms with Gasteiger partial charge in [-0.25, -0.2) is 4.68 Å². The third kappa shape index (κ3) is 0.873. The fourth-order valence-corrected chi connectivity index (χ4v) is 1.83. The summed E-state index contributed by atoms with van der Waals surface area (Å²) in [6.07, 6.45) is 8.48. The van der Waals surface area contributed by atoms with Gasteiger partial charge in [0.15, 0.2) is 0 Å². The van der Waals surface area contributed by atoms with Crippen molar-refractivity contribution < 1.29 is 0 Å². The summed E-state index contributed by atoms with van der Waals surface area (Å²) in [5.41, 5.74) is 2.00. The average molecular weight is 162 g/mol. The van der Waals surface area contributed by atoms with Crippen molar-refractivity contribution in [2.45, 2.75) is 25.7 Å². The van der Waals surface area contributed by atoms with Gasteiger partial charge in [0.2, 0.25) is 0 Å². The molecule has 0 N–H and O–H groups in total. The minimum Gasteiger partial charge on any atom is -0.208 e. The lowest BCUT2D eigenvalue weighted by molar-refractivity contribution is 0.475. The second-order valence-corrected chi connectivity index (χ2v) is 3.86. The first-order chi connectivity index (χ1) is 5.86. The summed E-state index contributed by atoms with van der Waals surface area (Å²) in [5.74, 6) is 0. The summed E-state index contributed by atoms with van der Waals surface area (Å²) in [4.78, 5) is 0. The molecule has 0 bridgehead atoms. The van der Waals surface area contributed by atoms with E-state index in [1.807, 2.05) is 0 Å². The quantitative estimate of drug-likeness (QED) is 0.619. The third-order valence-corrected chi connectivity index (χ3v) is 2.78. The molecule has 2 saturated carbocycles. The van der Waals surface area contributed by atoms with Gasteiger partial charge >= 0.3 is 0 Å². The van der Waals surface area contributed by atoms with E-state index in [1.165, 1.54) is 31.4 Å². The van der Waals surface area contributed by atoms with Crippen LogP contribution >= 0.6 is 0 Å². The summed E-state index contributed by atoms with van der Waals surface area (Å²) in [6, 6.07) is 0. The highest BCUT2D eigenvalue weighted by atomic mass is 15.4. The van der Waals surface area contributed by atoms with E-state index >= 15 is 0 Å². The van der Waals surface area contributed by atoms with Crippen molar-refractivity contribution >= 4 is 5.71 Å². The van der Waals surface area contributed by atoms with Crippen molar-refractivity contribution in [1.29, 1.82) is 0 Å². The normalized spacial score (nSPS) is 23.8. The van der Waals surface area contributed by atoms with Crippen LogP contribution in [0.15, 0.2) is 17.8 Å². The van der Waals surface area contributed by atoms with Crippen LogP contribution < -0.4 is 0 Å². The minimum atomic E-state index is 0.701. The van der Waals surface area contributed by atoms with Gasteiger partial charge in [-0.15, -0.1) is 10.2 Å². The summed E-state index contributed by atoms with van der Waals surface area (Å²) >= 11 is 0. The summed E-state index contributed by atoms with van der Waals surface area (Å²) in [5, 5.41) is 11.8. The lowest BCUT2D eigenvalue weighted by atomic mass is 9.80. The van der Waals surface area contributed by atoms with Gasteiger partial charge in [-0.1, -0.05) is 0 Å². The number of nitrogens with zero attached hydrogens (tertiary/aromatic N) is 4. The predicted molar refractivity (Wildman–Crippen MR) is 43.8 cm³/mol. The van der Waals surface area contributed by atoms with Gasteiger partial charge < -0.3 is 0 Å². The van der Waals surface area contributed by atoms with E-state index < -0.39 is 0 Å². The van der Waals surface area contributed by atoms with Crippen LogP contribution in [0.2, 0.25) is 0 Å². The Kier molecular flexibility index (Phi) is 1.03. The highest BCUT2D eigenvalue weighted by molar-refractivity contribution is 5.92. The Balaban J connectivity index is 1.75. The molecule has 0 unspecified atom stereocenters. The van der Waals surface area contributed by atoms with E-state index in [1.54, 1.807) is 17.3 Å². The van der Waals surface area contributed by atoms with Gasteiger partial charge in [0.05, 0.1) is 0 Å². The van der Waals surface area contributed by atoms with E-state index in [4.69, 9.17) is 0 Å². The molecule has 0 aromatic carbocycles. The average Bonchev–Trinajstić information content (AvgIpc) is 2.59. The van der Waals surface area contributed by atoms with Gasteiger partial charge in [-0.3, -0.25) is 0 Å². The van der Waals surface area contributed by atoms with Gasteiger partial charge in [0, 0.05) is 5.71 Å². The first-order valence-electron chi connectivity index (χ1n) is 4.28. The molecule has 1 heterocycles. The van der Waals surface area contributed by atoms with Crippen molar-refractivity contribution in [2.75, 3.05) is 0 Å². The maximum Gasteiger partial charge on any atom is 0.141 e. The molecule has 1 aromatic rings. The maximum absolute atomic E-state index is 4.37. The molecule has 4 heteroatoms. The molecule has 3 rings (SSSR count). The van der Waals surface area contributed by atoms with Crippen LogP contribution in [0.5, 0.6) is 0 Å². The van der Waals surface area contributed by atoms with E-state index in [9.17, 15) is 0 Å². The SMILES string of the molecule is c1nncn1N=C1CC2(CC2)C1. The van der Waals surface area contributed by atoms with Crippen LogP contribution in [-0.4, -0.2) is 20.6 Å². The number of hydrogen-bond acceptors (Lipinski definition) is 3. The van der Waals surface area contributed by atoms with Crippen molar-refractivity contribution in [3.63, 3.8) is 0 Å². The molecule has 0 amide bonds. The van der Waals surface area contributed by atoms with Crippen LogP contribution in [0.4, 0.5) is 0 Å². The third-order valence-electron chi connectivity index (χ3n) is 2.78. The van der Waals surface area contributed by atoms with Crippen molar-refractivity contribution in [3.05, 3.63) is 12.7 Å². The van der Waals surface area contributed by atoms with Crippen molar-refractivity contribution in [2.24, 2.45) is 10.5 Å². The first-order valence-corrected chi connectivity index (χ1v) is 4.28. The predicted octanol–water partition coefficient (Wildman–Crippen LogP) is 1.06. The van der Waals surface area contributed by atoms with E-state index in [-0.39, 0.29) is 0 Å². The van der Waals surface area contributed by atoms with Crippen molar-refractivity contribution in [3.8, 4) is 0 Å². The van der Waals surface area contributed by atoms with E-state index in [0.717, 1.165) is 0 Å². The molecule has 4 nitrogen and oxygen atoms in total. The van der Waals surface area contributed by atoms with Gasteiger partial charge in [0.1, 0.15) is 12.7 Å². The standard InChI is InChI=1S/C8H10N4/c1-2-8(1)3-7(4-8)11-12-5-9-10-6-12/h5-6H,1-4H2. The Morgan fingerprint density at radius 3 is 2.50 bits per heavy atom. The number of rotatable bonds is 1. The highest BCUT2D eigenvalue weighted by Crippen LogP contribution is 2.59. The monoisotopic (exact) mass is 162 g/mol. The molecule has 2 aliphatic carbocycles. The molecular formula is C8H10N4. The number of hydrogen-bond donors (Lipinski definition) is 0. The molecule has 0 saturated heterocycles. The second kappa shape index (κ2) is 1.94. The molecule has 0 radical (unpaired) electrons. The van der Waals surface area contributed by atoms with E-state index in [0.29, 0.717) is 5.41 Å². The maximum atomic E-state index is 4.37. The Labute approximate surface area is 70.3 Å². The van der Waals surface area contributed by atoms with Crippen molar-refractivity contribution in [1.82, 2.24) is 14.9 Å². The molecule has 1 aromatic heterocycles. The zero-order chi connectivity index (χ0) is 8.02. The Hall–Kier alpha value is -1.19. The minimum absolute atomic E-state index is 0.701. The second-order valence-electron chi connectivity index (χ2n) is 3.86. The summed E-state index contributed by atoms with van der Waals surface area (Å²) in [7, 11) is 0. The molecule has 2 fully saturated rings. The first kappa shape index (κ1) is 6.34. The Bertz CT molecular complexity index is 311. The van der Waals surface area contributed by atoms with Crippen LogP contribution in [0.1, 0.15) is 25.7 Å². The highest BCUT2D eigenvalue weighted by Gasteiger charge is 2.51. The van der Waals surface area contributed by atoms with Crippen LogP contribution in [-0.2, 0) is 0 Å². The molecule has 2 aliphatic rings. The zero-order valence-corrected chi connectivity index (χ0v) is 6.77. The number of aromatic nitrogens is 3. The molecule has 12 heavy (non-hydrogen) atoms. The van der Waals surface area contributed by atoms with Gasteiger partial charge in [-0.2, -0.15) is 5.10 Å². The van der Waals surface area contributed by atoms with E-state index in [2.05, 4.69) is 15.3 Å². The summed E-state index contributed by atoms with van der Waals surface area (Å²) in [6.45, 7) is 0. The molecule has 0 aliphatic heterocycles. The fraction of sp³-hybridized carbons (Fsp3) is 0.625. The van der Waals surface area contributed by atoms with Gasteiger partial charge in [-0.05, 0) is 31.1 Å².